The van der Waals surface area contributed by atoms with Gasteiger partial charge in [-0.2, -0.15) is 0 Å². The highest BCUT2D eigenvalue weighted by atomic mass is 16.4. The van der Waals surface area contributed by atoms with Crippen molar-refractivity contribution >= 4 is 17.8 Å². The number of aliphatic carboxylic acids is 1. The van der Waals surface area contributed by atoms with Crippen molar-refractivity contribution in [1.29, 1.82) is 0 Å². The van der Waals surface area contributed by atoms with Crippen LogP contribution in [-0.2, 0) is 4.79 Å². The first kappa shape index (κ1) is 15.7. The molecule has 0 aromatic heterocycles. The largest absolute Gasteiger partial charge is 0.480 e. The highest BCUT2D eigenvalue weighted by molar-refractivity contribution is 6.00. The summed E-state index contributed by atoms with van der Waals surface area (Å²) in [6, 6.07) is 5.86. The highest BCUT2D eigenvalue weighted by Gasteiger charge is 2.36. The lowest BCUT2D eigenvalue weighted by Gasteiger charge is -2.28. The molecule has 0 saturated carbocycles. The summed E-state index contributed by atoms with van der Waals surface area (Å²) in [7, 11) is 0. The Kier molecular flexibility index (Phi) is 4.85. The SMILES string of the molecule is CCC(CC)(NC(=O)c1cccc(C(N)=O)c1)C(=O)O. The van der Waals surface area contributed by atoms with E-state index in [1.807, 2.05) is 0 Å². The van der Waals surface area contributed by atoms with Crippen LogP contribution in [0.4, 0.5) is 0 Å². The number of carbonyl (C=O) groups excluding carboxylic acids is 2. The number of benzene rings is 1. The second-order valence-electron chi connectivity index (χ2n) is 4.49. The van der Waals surface area contributed by atoms with Gasteiger partial charge in [-0.05, 0) is 31.0 Å². The molecule has 108 valence electrons. The number of carboxylic acid groups (broad SMARTS) is 1. The van der Waals surface area contributed by atoms with Crippen LogP contribution in [0, 0.1) is 0 Å². The van der Waals surface area contributed by atoms with E-state index in [-0.39, 0.29) is 24.0 Å². The van der Waals surface area contributed by atoms with Gasteiger partial charge in [0.25, 0.3) is 5.91 Å². The fourth-order valence-corrected chi connectivity index (χ4v) is 1.89. The first-order chi connectivity index (χ1) is 9.36. The normalized spacial score (nSPS) is 10.9. The Bertz CT molecular complexity index is 536. The third kappa shape index (κ3) is 3.14. The van der Waals surface area contributed by atoms with Crippen LogP contribution in [0.2, 0.25) is 0 Å². The molecular formula is C14H18N2O4. The molecule has 6 heteroatoms. The topological polar surface area (TPSA) is 109 Å². The molecule has 0 aliphatic heterocycles. The minimum absolute atomic E-state index is 0.201. The molecule has 0 bridgehead atoms. The van der Waals surface area contributed by atoms with Gasteiger partial charge in [0.15, 0.2) is 0 Å². The smallest absolute Gasteiger partial charge is 0.329 e. The maximum atomic E-state index is 12.1. The summed E-state index contributed by atoms with van der Waals surface area (Å²) in [6.07, 6.45) is 0.528. The van der Waals surface area contributed by atoms with Gasteiger partial charge in [0, 0.05) is 11.1 Å². The Labute approximate surface area is 117 Å². The summed E-state index contributed by atoms with van der Waals surface area (Å²) in [4.78, 5) is 34.5. The Morgan fingerprint density at radius 2 is 1.75 bits per heavy atom. The van der Waals surface area contributed by atoms with Crippen molar-refractivity contribution in [3.05, 3.63) is 35.4 Å². The summed E-state index contributed by atoms with van der Waals surface area (Å²) in [5.74, 6) is -2.27. The number of hydrogen-bond donors (Lipinski definition) is 3. The monoisotopic (exact) mass is 278 g/mol. The van der Waals surface area contributed by atoms with Crippen molar-refractivity contribution in [2.75, 3.05) is 0 Å². The van der Waals surface area contributed by atoms with Gasteiger partial charge in [-0.3, -0.25) is 9.59 Å². The molecule has 0 spiro atoms. The molecule has 20 heavy (non-hydrogen) atoms. The van der Waals surface area contributed by atoms with Crippen LogP contribution in [0.15, 0.2) is 24.3 Å². The van der Waals surface area contributed by atoms with Gasteiger partial charge < -0.3 is 16.2 Å². The maximum Gasteiger partial charge on any atom is 0.329 e. The lowest BCUT2D eigenvalue weighted by Crippen LogP contribution is -2.53. The number of nitrogens with one attached hydrogen (secondary N) is 1. The number of primary amides is 1. The van der Waals surface area contributed by atoms with Crippen molar-refractivity contribution in [1.82, 2.24) is 5.32 Å². The molecule has 0 aliphatic carbocycles. The van der Waals surface area contributed by atoms with Gasteiger partial charge in [0.2, 0.25) is 5.91 Å². The minimum atomic E-state index is -1.31. The zero-order chi connectivity index (χ0) is 15.3. The van der Waals surface area contributed by atoms with E-state index in [0.29, 0.717) is 0 Å². The lowest BCUT2D eigenvalue weighted by molar-refractivity contribution is -0.144. The van der Waals surface area contributed by atoms with E-state index in [2.05, 4.69) is 5.32 Å². The van der Waals surface area contributed by atoms with Crippen LogP contribution < -0.4 is 11.1 Å². The predicted molar refractivity (Wildman–Crippen MR) is 73.4 cm³/mol. The zero-order valence-corrected chi connectivity index (χ0v) is 11.5. The van der Waals surface area contributed by atoms with Crippen molar-refractivity contribution in [3.8, 4) is 0 Å². The summed E-state index contributed by atoms with van der Waals surface area (Å²) in [5.41, 5.74) is 4.24. The summed E-state index contributed by atoms with van der Waals surface area (Å²) >= 11 is 0. The van der Waals surface area contributed by atoms with E-state index in [1.165, 1.54) is 24.3 Å². The summed E-state index contributed by atoms with van der Waals surface area (Å²) in [6.45, 7) is 3.38. The second kappa shape index (κ2) is 6.18. The molecule has 1 aromatic carbocycles. The number of carboxylic acids is 1. The van der Waals surface area contributed by atoms with E-state index in [1.54, 1.807) is 13.8 Å². The fraction of sp³-hybridized carbons (Fsp3) is 0.357. The molecule has 0 aliphatic rings. The van der Waals surface area contributed by atoms with Crippen LogP contribution in [0.1, 0.15) is 47.4 Å². The number of amides is 2. The van der Waals surface area contributed by atoms with Crippen LogP contribution in [0.3, 0.4) is 0 Å². The second-order valence-corrected chi connectivity index (χ2v) is 4.49. The van der Waals surface area contributed by atoms with Gasteiger partial charge in [0.05, 0.1) is 0 Å². The molecule has 4 N–H and O–H groups in total. The van der Waals surface area contributed by atoms with Crippen LogP contribution >= 0.6 is 0 Å². The third-order valence-electron chi connectivity index (χ3n) is 3.38. The minimum Gasteiger partial charge on any atom is -0.480 e. The van der Waals surface area contributed by atoms with E-state index in [0.717, 1.165) is 0 Å². The molecule has 6 nitrogen and oxygen atoms in total. The average molecular weight is 278 g/mol. The van der Waals surface area contributed by atoms with Crippen molar-refractivity contribution in [3.63, 3.8) is 0 Å². The average Bonchev–Trinajstić information content (AvgIpc) is 2.44. The van der Waals surface area contributed by atoms with E-state index in [9.17, 15) is 19.5 Å². The molecule has 1 aromatic rings. The van der Waals surface area contributed by atoms with Crippen molar-refractivity contribution in [2.45, 2.75) is 32.2 Å². The lowest BCUT2D eigenvalue weighted by atomic mass is 9.92. The molecule has 2 amide bonds. The fourth-order valence-electron chi connectivity index (χ4n) is 1.89. The van der Waals surface area contributed by atoms with E-state index >= 15 is 0 Å². The Balaban J connectivity index is 3.04. The van der Waals surface area contributed by atoms with Gasteiger partial charge in [0.1, 0.15) is 5.54 Å². The highest BCUT2D eigenvalue weighted by Crippen LogP contribution is 2.17. The van der Waals surface area contributed by atoms with E-state index in [4.69, 9.17) is 5.73 Å². The number of rotatable bonds is 6. The van der Waals surface area contributed by atoms with Crippen LogP contribution in [-0.4, -0.2) is 28.4 Å². The van der Waals surface area contributed by atoms with Crippen molar-refractivity contribution < 1.29 is 19.5 Å². The predicted octanol–water partition coefficient (Wildman–Crippen LogP) is 1.16. The molecule has 1 rings (SSSR count). The van der Waals surface area contributed by atoms with Gasteiger partial charge in [-0.1, -0.05) is 19.9 Å². The van der Waals surface area contributed by atoms with Gasteiger partial charge >= 0.3 is 5.97 Å². The first-order valence-corrected chi connectivity index (χ1v) is 6.32. The van der Waals surface area contributed by atoms with Gasteiger partial charge in [-0.25, -0.2) is 4.79 Å². The Morgan fingerprint density at radius 1 is 1.20 bits per heavy atom. The molecular weight excluding hydrogens is 260 g/mol. The summed E-state index contributed by atoms with van der Waals surface area (Å²) in [5, 5.41) is 11.8. The molecule has 0 radical (unpaired) electrons. The molecule has 0 fully saturated rings. The zero-order valence-electron chi connectivity index (χ0n) is 11.5. The number of hydrogen-bond acceptors (Lipinski definition) is 3. The molecule has 0 saturated heterocycles. The Morgan fingerprint density at radius 3 is 2.20 bits per heavy atom. The number of nitrogens with two attached hydrogens (primary N) is 1. The Hall–Kier alpha value is -2.37. The first-order valence-electron chi connectivity index (χ1n) is 6.32. The van der Waals surface area contributed by atoms with E-state index < -0.39 is 23.3 Å². The van der Waals surface area contributed by atoms with Crippen LogP contribution in [0.25, 0.3) is 0 Å². The van der Waals surface area contributed by atoms with Crippen LogP contribution in [0.5, 0.6) is 0 Å². The molecule has 0 atom stereocenters. The molecule has 0 unspecified atom stereocenters. The number of carbonyl (C=O) groups is 3. The molecule has 0 heterocycles. The standard InChI is InChI=1S/C14H18N2O4/c1-3-14(4-2,13(19)20)16-12(18)10-7-5-6-9(8-10)11(15)17/h5-8H,3-4H2,1-2H3,(H2,15,17)(H,16,18)(H,19,20). The maximum absolute atomic E-state index is 12.1. The van der Waals surface area contributed by atoms with Crippen molar-refractivity contribution in [2.24, 2.45) is 5.73 Å². The summed E-state index contributed by atoms with van der Waals surface area (Å²) < 4.78 is 0. The quantitative estimate of drug-likeness (QED) is 0.725. The third-order valence-corrected chi connectivity index (χ3v) is 3.38. The van der Waals surface area contributed by atoms with Gasteiger partial charge in [-0.15, -0.1) is 0 Å².